The molecule has 6 nitrogen and oxygen atoms in total. The second-order valence-electron chi connectivity index (χ2n) is 6.37. The van der Waals surface area contributed by atoms with Crippen LogP contribution in [-0.2, 0) is 16.0 Å². The molecule has 0 aliphatic carbocycles. The molecule has 0 spiro atoms. The molecular formula is C20H26N2O4. The molecule has 2 rings (SSSR count). The van der Waals surface area contributed by atoms with E-state index in [4.69, 9.17) is 9.47 Å². The van der Waals surface area contributed by atoms with E-state index in [9.17, 15) is 9.59 Å². The quantitative estimate of drug-likeness (QED) is 0.536. The number of aryl methyl sites for hydroxylation is 1. The lowest BCUT2D eigenvalue weighted by molar-refractivity contribution is 0.0474. The highest BCUT2D eigenvalue weighted by atomic mass is 16.5. The normalized spacial score (nSPS) is 10.7. The van der Waals surface area contributed by atoms with Gasteiger partial charge in [0, 0.05) is 50.4 Å². The highest BCUT2D eigenvalue weighted by Gasteiger charge is 2.18. The van der Waals surface area contributed by atoms with Gasteiger partial charge in [0.2, 0.25) is 5.78 Å². The maximum absolute atomic E-state index is 12.5. The van der Waals surface area contributed by atoms with Crippen molar-refractivity contribution in [3.8, 4) is 0 Å². The summed E-state index contributed by atoms with van der Waals surface area (Å²) in [6.07, 6.45) is 0. The Morgan fingerprint density at radius 1 is 1.15 bits per heavy atom. The zero-order chi connectivity index (χ0) is 19.3. The van der Waals surface area contributed by atoms with Crippen molar-refractivity contribution in [3.63, 3.8) is 0 Å². The fourth-order valence-electron chi connectivity index (χ4n) is 2.81. The third kappa shape index (κ3) is 4.52. The fourth-order valence-corrected chi connectivity index (χ4v) is 2.81. The zero-order valence-corrected chi connectivity index (χ0v) is 16.0. The second kappa shape index (κ2) is 8.67. The first-order valence-corrected chi connectivity index (χ1v) is 8.48. The molecule has 0 aliphatic heterocycles. The molecule has 0 N–H and O–H groups in total. The molecule has 26 heavy (non-hydrogen) atoms. The average Bonchev–Trinajstić information content (AvgIpc) is 2.91. The molecule has 1 heterocycles. The Labute approximate surface area is 154 Å². The number of anilines is 1. The van der Waals surface area contributed by atoms with Crippen LogP contribution in [0.3, 0.4) is 0 Å². The largest absolute Gasteiger partial charge is 0.454 e. The van der Waals surface area contributed by atoms with Gasteiger partial charge in [0.25, 0.3) is 0 Å². The lowest BCUT2D eigenvalue weighted by Gasteiger charge is -2.13. The Bertz CT molecular complexity index is 793. The van der Waals surface area contributed by atoms with Crippen LogP contribution in [0.15, 0.2) is 30.3 Å². The molecule has 0 bridgehead atoms. The fraction of sp³-hybridized carbons (Fsp3) is 0.400. The standard InChI is InChI=1S/C20H26N2O4/c1-14-11-18(15(2)22(14)9-10-25-5)19(23)13-26-20(24)16-7-6-8-17(12-16)21(3)4/h6-8,11-12H,9-10,13H2,1-5H3. The third-order valence-electron chi connectivity index (χ3n) is 4.33. The second-order valence-corrected chi connectivity index (χ2v) is 6.37. The molecule has 6 heteroatoms. The molecular weight excluding hydrogens is 332 g/mol. The van der Waals surface area contributed by atoms with Crippen molar-refractivity contribution in [2.75, 3.05) is 39.3 Å². The number of esters is 1. The van der Waals surface area contributed by atoms with Crippen molar-refractivity contribution in [2.24, 2.45) is 0 Å². The molecule has 0 amide bonds. The van der Waals surface area contributed by atoms with Crippen molar-refractivity contribution in [1.29, 1.82) is 0 Å². The number of hydrogen-bond donors (Lipinski definition) is 0. The Morgan fingerprint density at radius 2 is 1.88 bits per heavy atom. The number of carbonyl (C=O) groups is 2. The molecule has 0 unspecified atom stereocenters. The van der Waals surface area contributed by atoms with Gasteiger partial charge >= 0.3 is 5.97 Å². The summed E-state index contributed by atoms with van der Waals surface area (Å²) in [4.78, 5) is 26.6. The van der Waals surface area contributed by atoms with Crippen molar-refractivity contribution >= 4 is 17.4 Å². The maximum atomic E-state index is 12.5. The van der Waals surface area contributed by atoms with Crippen LogP contribution in [0, 0.1) is 13.8 Å². The van der Waals surface area contributed by atoms with Crippen LogP contribution in [0.1, 0.15) is 32.1 Å². The van der Waals surface area contributed by atoms with E-state index in [0.717, 1.165) is 17.1 Å². The molecule has 1 aromatic carbocycles. The van der Waals surface area contributed by atoms with E-state index in [0.29, 0.717) is 24.3 Å². The minimum absolute atomic E-state index is 0.209. The highest BCUT2D eigenvalue weighted by Crippen LogP contribution is 2.17. The number of Topliss-reactive ketones (excluding diaryl/α,β-unsaturated/α-hetero) is 1. The molecule has 1 aromatic heterocycles. The van der Waals surface area contributed by atoms with E-state index < -0.39 is 5.97 Å². The average molecular weight is 358 g/mol. The van der Waals surface area contributed by atoms with Crippen LogP contribution >= 0.6 is 0 Å². The molecule has 140 valence electrons. The van der Waals surface area contributed by atoms with Gasteiger partial charge in [-0.3, -0.25) is 4.79 Å². The predicted molar refractivity (Wildman–Crippen MR) is 101 cm³/mol. The van der Waals surface area contributed by atoms with Gasteiger partial charge in [0.1, 0.15) is 0 Å². The molecule has 0 aliphatic rings. The number of carbonyl (C=O) groups excluding carboxylic acids is 2. The van der Waals surface area contributed by atoms with Crippen molar-refractivity contribution in [3.05, 3.63) is 52.8 Å². The zero-order valence-electron chi connectivity index (χ0n) is 16.0. The monoisotopic (exact) mass is 358 g/mol. The molecule has 0 radical (unpaired) electrons. The van der Waals surface area contributed by atoms with E-state index in [1.54, 1.807) is 25.3 Å². The number of methoxy groups -OCH3 is 1. The summed E-state index contributed by atoms with van der Waals surface area (Å²) in [6, 6.07) is 8.93. The first-order chi connectivity index (χ1) is 12.3. The number of rotatable bonds is 8. The van der Waals surface area contributed by atoms with Crippen LogP contribution in [0.2, 0.25) is 0 Å². The van der Waals surface area contributed by atoms with Gasteiger partial charge in [-0.2, -0.15) is 0 Å². The van der Waals surface area contributed by atoms with Gasteiger partial charge in [-0.15, -0.1) is 0 Å². The van der Waals surface area contributed by atoms with Crippen molar-refractivity contribution in [1.82, 2.24) is 4.57 Å². The summed E-state index contributed by atoms with van der Waals surface area (Å²) in [5.41, 5.74) is 3.73. The van der Waals surface area contributed by atoms with Gasteiger partial charge in [-0.1, -0.05) is 6.07 Å². The number of benzene rings is 1. The van der Waals surface area contributed by atoms with Gasteiger partial charge in [-0.05, 0) is 38.1 Å². The van der Waals surface area contributed by atoms with E-state index in [2.05, 4.69) is 0 Å². The number of ether oxygens (including phenoxy) is 2. The topological polar surface area (TPSA) is 60.8 Å². The van der Waals surface area contributed by atoms with Gasteiger partial charge in [0.05, 0.1) is 12.2 Å². The number of aromatic nitrogens is 1. The Balaban J connectivity index is 2.04. The Hall–Kier alpha value is -2.60. The highest BCUT2D eigenvalue weighted by molar-refractivity contribution is 6.00. The predicted octanol–water partition coefficient (Wildman–Crippen LogP) is 2.86. The van der Waals surface area contributed by atoms with E-state index in [1.807, 2.05) is 49.5 Å². The molecule has 0 atom stereocenters. The molecule has 2 aromatic rings. The van der Waals surface area contributed by atoms with Gasteiger partial charge < -0.3 is 18.9 Å². The molecule has 0 saturated carbocycles. The summed E-state index contributed by atoms with van der Waals surface area (Å²) >= 11 is 0. The Kier molecular flexibility index (Phi) is 6.58. The summed E-state index contributed by atoms with van der Waals surface area (Å²) in [7, 11) is 5.44. The van der Waals surface area contributed by atoms with Crippen LogP contribution in [0.5, 0.6) is 0 Å². The summed E-state index contributed by atoms with van der Waals surface area (Å²) < 4.78 is 12.4. The first-order valence-electron chi connectivity index (χ1n) is 8.48. The van der Waals surface area contributed by atoms with E-state index >= 15 is 0 Å². The van der Waals surface area contributed by atoms with Crippen LogP contribution in [0.4, 0.5) is 5.69 Å². The smallest absolute Gasteiger partial charge is 0.338 e. The van der Waals surface area contributed by atoms with Crippen molar-refractivity contribution < 1.29 is 19.1 Å². The SMILES string of the molecule is COCCn1c(C)cc(C(=O)COC(=O)c2cccc(N(C)C)c2)c1C. The molecule has 0 fully saturated rings. The summed E-state index contributed by atoms with van der Waals surface area (Å²) in [5.74, 6) is -0.714. The maximum Gasteiger partial charge on any atom is 0.338 e. The van der Waals surface area contributed by atoms with E-state index in [-0.39, 0.29) is 12.4 Å². The van der Waals surface area contributed by atoms with Gasteiger partial charge in [-0.25, -0.2) is 4.79 Å². The van der Waals surface area contributed by atoms with Crippen LogP contribution < -0.4 is 4.90 Å². The number of hydrogen-bond acceptors (Lipinski definition) is 5. The van der Waals surface area contributed by atoms with Gasteiger partial charge in [0.15, 0.2) is 6.61 Å². The first kappa shape index (κ1) is 19.7. The lowest BCUT2D eigenvalue weighted by atomic mass is 10.1. The van der Waals surface area contributed by atoms with Crippen LogP contribution in [-0.4, -0.2) is 50.7 Å². The van der Waals surface area contributed by atoms with E-state index in [1.165, 1.54) is 0 Å². The summed E-state index contributed by atoms with van der Waals surface area (Å²) in [6.45, 7) is 4.80. The molecule has 0 saturated heterocycles. The van der Waals surface area contributed by atoms with Crippen LogP contribution in [0.25, 0.3) is 0 Å². The number of nitrogens with zero attached hydrogens (tertiary/aromatic N) is 2. The third-order valence-corrected chi connectivity index (χ3v) is 4.33. The summed E-state index contributed by atoms with van der Waals surface area (Å²) in [5, 5.41) is 0. The lowest BCUT2D eigenvalue weighted by Crippen LogP contribution is -2.16. The Morgan fingerprint density at radius 3 is 2.54 bits per heavy atom. The van der Waals surface area contributed by atoms with Crippen molar-refractivity contribution in [2.45, 2.75) is 20.4 Å². The minimum atomic E-state index is -0.504. The minimum Gasteiger partial charge on any atom is -0.454 e. The number of ketones is 1.